The van der Waals surface area contributed by atoms with Crippen molar-refractivity contribution in [2.75, 3.05) is 33.9 Å². The van der Waals surface area contributed by atoms with Crippen LogP contribution in [0.4, 0.5) is 0 Å². The Bertz CT molecular complexity index is 843. The standard InChI is InChI=1S/C23H28N2O3/c1-27-20-8-7-18(22(15-20)28-2)16-24-12-10-19(11-13-24)25-14-9-17-5-3-4-6-21(17)23(25)26/h3-8,15,19H,9-14,16H2,1-2H3. The van der Waals surface area contributed by atoms with Gasteiger partial charge in [0.25, 0.3) is 5.91 Å². The molecule has 2 aromatic rings. The van der Waals surface area contributed by atoms with Crippen LogP contribution in [0.5, 0.6) is 11.5 Å². The van der Waals surface area contributed by atoms with Crippen LogP contribution in [0.25, 0.3) is 0 Å². The number of carbonyl (C=O) groups excluding carboxylic acids is 1. The summed E-state index contributed by atoms with van der Waals surface area (Å²) in [5.74, 6) is 1.88. The molecular formula is C23H28N2O3. The van der Waals surface area contributed by atoms with Gasteiger partial charge in [0, 0.05) is 49.4 Å². The Morgan fingerprint density at radius 1 is 1.00 bits per heavy atom. The molecule has 5 nitrogen and oxygen atoms in total. The Labute approximate surface area is 166 Å². The summed E-state index contributed by atoms with van der Waals surface area (Å²) in [7, 11) is 3.36. The van der Waals surface area contributed by atoms with Crippen LogP contribution in [0.15, 0.2) is 42.5 Å². The highest BCUT2D eigenvalue weighted by Crippen LogP contribution is 2.28. The number of piperidine rings is 1. The Morgan fingerprint density at radius 3 is 2.54 bits per heavy atom. The summed E-state index contributed by atoms with van der Waals surface area (Å²) >= 11 is 0. The zero-order chi connectivity index (χ0) is 19.5. The fraction of sp³-hybridized carbons (Fsp3) is 0.435. The molecule has 0 atom stereocenters. The number of likely N-dealkylation sites (tertiary alicyclic amines) is 1. The van der Waals surface area contributed by atoms with Crippen LogP contribution in [0.2, 0.25) is 0 Å². The molecule has 1 amide bonds. The van der Waals surface area contributed by atoms with Gasteiger partial charge in [-0.1, -0.05) is 24.3 Å². The number of benzene rings is 2. The SMILES string of the molecule is COc1ccc(CN2CCC(N3CCc4ccccc4C3=O)CC2)c(OC)c1. The number of hydrogen-bond donors (Lipinski definition) is 0. The number of carbonyl (C=O) groups is 1. The van der Waals surface area contributed by atoms with Crippen LogP contribution in [0, 0.1) is 0 Å². The lowest BCUT2D eigenvalue weighted by atomic mass is 9.94. The maximum absolute atomic E-state index is 12.9. The van der Waals surface area contributed by atoms with E-state index in [9.17, 15) is 4.79 Å². The van der Waals surface area contributed by atoms with Crippen molar-refractivity contribution in [1.82, 2.24) is 9.80 Å². The molecule has 4 rings (SSSR count). The van der Waals surface area contributed by atoms with Crippen molar-refractivity contribution in [3.63, 3.8) is 0 Å². The topological polar surface area (TPSA) is 42.0 Å². The Morgan fingerprint density at radius 2 is 1.79 bits per heavy atom. The van der Waals surface area contributed by atoms with Gasteiger partial charge in [0.1, 0.15) is 11.5 Å². The molecule has 148 valence electrons. The minimum absolute atomic E-state index is 0.206. The molecule has 2 heterocycles. The van der Waals surface area contributed by atoms with Crippen LogP contribution in [-0.2, 0) is 13.0 Å². The van der Waals surface area contributed by atoms with Crippen LogP contribution < -0.4 is 9.47 Å². The summed E-state index contributed by atoms with van der Waals surface area (Å²) in [6.07, 6.45) is 3.00. The van der Waals surface area contributed by atoms with Crippen LogP contribution in [-0.4, -0.2) is 55.6 Å². The number of hydrogen-bond acceptors (Lipinski definition) is 4. The molecule has 1 fully saturated rings. The van der Waals surface area contributed by atoms with Crippen molar-refractivity contribution in [1.29, 1.82) is 0 Å². The quantitative estimate of drug-likeness (QED) is 0.798. The van der Waals surface area contributed by atoms with Gasteiger partial charge in [0.2, 0.25) is 0 Å². The van der Waals surface area contributed by atoms with Gasteiger partial charge in [0.15, 0.2) is 0 Å². The highest BCUT2D eigenvalue weighted by molar-refractivity contribution is 5.96. The van der Waals surface area contributed by atoms with E-state index in [1.807, 2.05) is 30.3 Å². The molecule has 2 aromatic carbocycles. The lowest BCUT2D eigenvalue weighted by Crippen LogP contribution is -2.49. The summed E-state index contributed by atoms with van der Waals surface area (Å²) in [4.78, 5) is 17.5. The first kappa shape index (κ1) is 18.8. The van der Waals surface area contributed by atoms with Crippen LogP contribution in [0.1, 0.15) is 34.3 Å². The van der Waals surface area contributed by atoms with Gasteiger partial charge in [-0.3, -0.25) is 9.69 Å². The van der Waals surface area contributed by atoms with Gasteiger partial charge in [0.05, 0.1) is 14.2 Å². The lowest BCUT2D eigenvalue weighted by Gasteiger charge is -2.40. The van der Waals surface area contributed by atoms with Crippen molar-refractivity contribution in [3.05, 3.63) is 59.2 Å². The second kappa shape index (κ2) is 8.23. The second-order valence-electron chi connectivity index (χ2n) is 7.59. The number of nitrogens with zero attached hydrogens (tertiary/aromatic N) is 2. The second-order valence-corrected chi connectivity index (χ2v) is 7.59. The molecule has 0 radical (unpaired) electrons. The third kappa shape index (κ3) is 3.72. The lowest BCUT2D eigenvalue weighted by molar-refractivity contribution is 0.0545. The van der Waals surface area contributed by atoms with Gasteiger partial charge in [-0.05, 0) is 37.0 Å². The molecule has 28 heavy (non-hydrogen) atoms. The third-order valence-corrected chi connectivity index (χ3v) is 6.02. The molecule has 0 unspecified atom stereocenters. The van der Waals surface area contributed by atoms with E-state index in [0.717, 1.165) is 62.5 Å². The van der Waals surface area contributed by atoms with Crippen LogP contribution in [0.3, 0.4) is 0 Å². The summed E-state index contributed by atoms with van der Waals surface area (Å²) in [6, 6.07) is 14.4. The molecule has 5 heteroatoms. The van der Waals surface area contributed by atoms with Crippen LogP contribution >= 0.6 is 0 Å². The first-order valence-electron chi connectivity index (χ1n) is 10.0. The maximum atomic E-state index is 12.9. The van der Waals surface area contributed by atoms with E-state index >= 15 is 0 Å². The summed E-state index contributed by atoms with van der Waals surface area (Å²) in [6.45, 7) is 3.68. The average Bonchev–Trinajstić information content (AvgIpc) is 2.75. The van der Waals surface area contributed by atoms with E-state index in [0.29, 0.717) is 6.04 Å². The zero-order valence-electron chi connectivity index (χ0n) is 16.7. The fourth-order valence-electron chi connectivity index (χ4n) is 4.41. The Kier molecular flexibility index (Phi) is 5.53. The van der Waals surface area contributed by atoms with E-state index in [2.05, 4.69) is 21.9 Å². The largest absolute Gasteiger partial charge is 0.497 e. The molecule has 0 aromatic heterocycles. The van der Waals surface area contributed by atoms with Gasteiger partial charge in [-0.25, -0.2) is 0 Å². The molecule has 0 bridgehead atoms. The maximum Gasteiger partial charge on any atom is 0.254 e. The van der Waals surface area contributed by atoms with Gasteiger partial charge >= 0.3 is 0 Å². The Hall–Kier alpha value is -2.53. The number of ether oxygens (including phenoxy) is 2. The monoisotopic (exact) mass is 380 g/mol. The minimum Gasteiger partial charge on any atom is -0.497 e. The highest BCUT2D eigenvalue weighted by Gasteiger charge is 2.32. The normalized spacial score (nSPS) is 18.1. The van der Waals surface area contributed by atoms with Crippen molar-refractivity contribution in [2.45, 2.75) is 31.8 Å². The summed E-state index contributed by atoms with van der Waals surface area (Å²) < 4.78 is 10.8. The van der Waals surface area contributed by atoms with Crippen molar-refractivity contribution in [2.24, 2.45) is 0 Å². The van der Waals surface area contributed by atoms with Gasteiger partial charge in [-0.2, -0.15) is 0 Å². The predicted molar refractivity (Wildman–Crippen MR) is 109 cm³/mol. The van der Waals surface area contributed by atoms with E-state index in [4.69, 9.17) is 9.47 Å². The number of fused-ring (bicyclic) bond motifs is 1. The van der Waals surface area contributed by atoms with Gasteiger partial charge < -0.3 is 14.4 Å². The molecule has 0 saturated carbocycles. The van der Waals surface area contributed by atoms with E-state index in [1.54, 1.807) is 14.2 Å². The fourth-order valence-corrected chi connectivity index (χ4v) is 4.41. The van der Waals surface area contributed by atoms with E-state index < -0.39 is 0 Å². The highest BCUT2D eigenvalue weighted by atomic mass is 16.5. The molecule has 0 spiro atoms. The average molecular weight is 380 g/mol. The first-order chi connectivity index (χ1) is 13.7. The van der Waals surface area contributed by atoms with Crippen molar-refractivity contribution >= 4 is 5.91 Å². The Balaban J connectivity index is 1.37. The third-order valence-electron chi connectivity index (χ3n) is 6.02. The molecular weight excluding hydrogens is 352 g/mol. The van der Waals surface area contributed by atoms with Crippen molar-refractivity contribution in [3.8, 4) is 11.5 Å². The molecule has 1 saturated heterocycles. The number of amides is 1. The van der Waals surface area contributed by atoms with E-state index in [1.165, 1.54) is 11.1 Å². The smallest absolute Gasteiger partial charge is 0.254 e. The van der Waals surface area contributed by atoms with E-state index in [-0.39, 0.29) is 5.91 Å². The molecule has 2 aliphatic rings. The number of rotatable bonds is 5. The first-order valence-corrected chi connectivity index (χ1v) is 10.0. The van der Waals surface area contributed by atoms with Crippen molar-refractivity contribution < 1.29 is 14.3 Å². The molecule has 0 N–H and O–H groups in total. The summed E-state index contributed by atoms with van der Waals surface area (Å²) in [5, 5.41) is 0. The predicted octanol–water partition coefficient (Wildman–Crippen LogP) is 3.37. The summed E-state index contributed by atoms with van der Waals surface area (Å²) in [5.41, 5.74) is 3.25. The van der Waals surface area contributed by atoms with Gasteiger partial charge in [-0.15, -0.1) is 0 Å². The number of methoxy groups -OCH3 is 2. The minimum atomic E-state index is 0.206. The molecule has 2 aliphatic heterocycles. The molecule has 0 aliphatic carbocycles. The zero-order valence-corrected chi connectivity index (χ0v) is 16.7.